The third kappa shape index (κ3) is 4.01. The Kier molecular flexibility index (Phi) is 5.17. The van der Waals surface area contributed by atoms with Crippen LogP contribution in [0.25, 0.3) is 0 Å². The van der Waals surface area contributed by atoms with Crippen molar-refractivity contribution in [2.24, 2.45) is 0 Å². The van der Waals surface area contributed by atoms with E-state index < -0.39 is 6.10 Å². The van der Waals surface area contributed by atoms with E-state index in [2.05, 4.69) is 21.9 Å². The average molecular weight is 384 g/mol. The number of fused-ring (bicyclic) bond motifs is 1. The van der Waals surface area contributed by atoms with Crippen molar-refractivity contribution in [1.82, 2.24) is 19.7 Å². The second-order valence-electron chi connectivity index (χ2n) is 6.21. The number of ether oxygens (including phenoxy) is 2. The van der Waals surface area contributed by atoms with Gasteiger partial charge in [0.25, 0.3) is 10.7 Å². The van der Waals surface area contributed by atoms with Crippen LogP contribution < -0.4 is 9.47 Å². The van der Waals surface area contributed by atoms with Crippen LogP contribution in [0.5, 0.6) is 11.5 Å². The lowest BCUT2D eigenvalue weighted by Gasteiger charge is -2.24. The summed E-state index contributed by atoms with van der Waals surface area (Å²) >= 11 is 5.35. The number of pyridine rings is 1. The summed E-state index contributed by atoms with van der Waals surface area (Å²) in [6, 6.07) is 11.5. The Hall–Kier alpha value is -2.71. The molecule has 0 aliphatic carbocycles. The fraction of sp³-hybridized carbons (Fsp3) is 0.316. The standard InChI is InChI=1S/C19H20N4O3S/c1-2-22(11-14-7-9-20-10-8-14)13-23-19(27)26-18(21-23)17-12-24-15-5-3-4-6-16(15)25-17/h3-10,17H,2,11-13H2,1H3/t17-/m1/s1. The van der Waals surface area contributed by atoms with Crippen LogP contribution in [0.1, 0.15) is 24.5 Å². The molecule has 0 spiro atoms. The fourth-order valence-electron chi connectivity index (χ4n) is 2.88. The molecule has 27 heavy (non-hydrogen) atoms. The summed E-state index contributed by atoms with van der Waals surface area (Å²) in [6.45, 7) is 4.59. The molecule has 0 N–H and O–H groups in total. The van der Waals surface area contributed by atoms with E-state index in [0.717, 1.165) is 18.8 Å². The summed E-state index contributed by atoms with van der Waals surface area (Å²) in [5.41, 5.74) is 1.18. The Morgan fingerprint density at radius 2 is 1.96 bits per heavy atom. The van der Waals surface area contributed by atoms with Gasteiger partial charge in [0, 0.05) is 18.9 Å². The van der Waals surface area contributed by atoms with Gasteiger partial charge in [-0.15, -0.1) is 5.10 Å². The Balaban J connectivity index is 1.47. The minimum atomic E-state index is -0.418. The first kappa shape index (κ1) is 17.7. The van der Waals surface area contributed by atoms with Crippen molar-refractivity contribution in [2.45, 2.75) is 26.2 Å². The molecule has 1 aliphatic heterocycles. The van der Waals surface area contributed by atoms with Crippen LogP contribution in [0.3, 0.4) is 0 Å². The molecule has 2 aromatic heterocycles. The number of aromatic nitrogens is 3. The zero-order valence-electron chi connectivity index (χ0n) is 14.9. The highest BCUT2D eigenvalue weighted by Crippen LogP contribution is 2.35. The van der Waals surface area contributed by atoms with E-state index in [1.807, 2.05) is 36.4 Å². The van der Waals surface area contributed by atoms with E-state index in [1.165, 1.54) is 5.56 Å². The normalized spacial score (nSPS) is 15.9. The van der Waals surface area contributed by atoms with E-state index in [1.54, 1.807) is 17.1 Å². The van der Waals surface area contributed by atoms with Gasteiger partial charge in [0.05, 0.1) is 6.67 Å². The average Bonchev–Trinajstić information content (AvgIpc) is 3.08. The van der Waals surface area contributed by atoms with Crippen molar-refractivity contribution in [1.29, 1.82) is 0 Å². The molecule has 0 amide bonds. The molecule has 3 heterocycles. The quantitative estimate of drug-likeness (QED) is 0.602. The maximum atomic E-state index is 5.95. The molecule has 0 radical (unpaired) electrons. The molecule has 0 saturated carbocycles. The van der Waals surface area contributed by atoms with Crippen molar-refractivity contribution in [2.75, 3.05) is 13.2 Å². The molecule has 0 saturated heterocycles. The van der Waals surface area contributed by atoms with Crippen molar-refractivity contribution < 1.29 is 13.9 Å². The highest BCUT2D eigenvalue weighted by atomic mass is 32.1. The first-order chi connectivity index (χ1) is 13.2. The molecule has 1 atom stereocenters. The lowest BCUT2D eigenvalue weighted by atomic mass is 10.2. The Bertz CT molecular complexity index is 957. The van der Waals surface area contributed by atoms with Crippen molar-refractivity contribution in [3.63, 3.8) is 0 Å². The molecule has 3 aromatic rings. The second-order valence-corrected chi connectivity index (χ2v) is 6.56. The van der Waals surface area contributed by atoms with Crippen LogP contribution in [0, 0.1) is 4.84 Å². The van der Waals surface area contributed by atoms with Crippen LogP contribution in [-0.4, -0.2) is 32.8 Å². The Morgan fingerprint density at radius 3 is 2.74 bits per heavy atom. The highest BCUT2D eigenvalue weighted by molar-refractivity contribution is 7.71. The molecular formula is C19H20N4O3S. The van der Waals surface area contributed by atoms with Gasteiger partial charge >= 0.3 is 0 Å². The van der Waals surface area contributed by atoms with Crippen LogP contribution in [0.4, 0.5) is 0 Å². The largest absolute Gasteiger partial charge is 0.485 e. The summed E-state index contributed by atoms with van der Waals surface area (Å²) < 4.78 is 19.1. The third-order valence-electron chi connectivity index (χ3n) is 4.34. The molecule has 1 aromatic carbocycles. The summed E-state index contributed by atoms with van der Waals surface area (Å²) in [6.07, 6.45) is 3.17. The van der Waals surface area contributed by atoms with Crippen LogP contribution in [0.2, 0.25) is 0 Å². The second kappa shape index (κ2) is 7.89. The molecule has 1 aliphatic rings. The topological polar surface area (TPSA) is 65.6 Å². The van der Waals surface area contributed by atoms with E-state index in [-0.39, 0.29) is 0 Å². The first-order valence-corrected chi connectivity index (χ1v) is 9.21. The van der Waals surface area contributed by atoms with E-state index in [9.17, 15) is 0 Å². The van der Waals surface area contributed by atoms with Gasteiger partial charge in [-0.05, 0) is 48.6 Å². The number of nitrogens with zero attached hydrogens (tertiary/aromatic N) is 4. The fourth-order valence-corrected chi connectivity index (χ4v) is 3.06. The number of para-hydroxylation sites is 2. The maximum absolute atomic E-state index is 5.95. The lowest BCUT2D eigenvalue weighted by molar-refractivity contribution is 0.0706. The van der Waals surface area contributed by atoms with Gasteiger partial charge in [0.2, 0.25) is 6.10 Å². The van der Waals surface area contributed by atoms with E-state index >= 15 is 0 Å². The first-order valence-electron chi connectivity index (χ1n) is 8.80. The summed E-state index contributed by atoms with van der Waals surface area (Å²) in [4.78, 5) is 6.59. The SMILES string of the molecule is CCN(Cc1ccncc1)Cn1nc([C@H]2COc3ccccc3O2)oc1=S. The Morgan fingerprint density at radius 1 is 1.19 bits per heavy atom. The van der Waals surface area contributed by atoms with Gasteiger partial charge in [-0.25, -0.2) is 4.68 Å². The monoisotopic (exact) mass is 384 g/mol. The molecule has 0 unspecified atom stereocenters. The molecule has 0 bridgehead atoms. The molecule has 140 valence electrons. The maximum Gasteiger partial charge on any atom is 0.288 e. The zero-order valence-corrected chi connectivity index (χ0v) is 15.8. The molecule has 0 fully saturated rings. The smallest absolute Gasteiger partial charge is 0.288 e. The predicted octanol–water partition coefficient (Wildman–Crippen LogP) is 3.59. The molecule has 7 nitrogen and oxygen atoms in total. The van der Waals surface area contributed by atoms with Crippen LogP contribution in [0.15, 0.2) is 53.2 Å². The highest BCUT2D eigenvalue weighted by Gasteiger charge is 2.27. The molecule has 4 rings (SSSR count). The number of hydrogen-bond acceptors (Lipinski definition) is 7. The zero-order chi connectivity index (χ0) is 18.6. The van der Waals surface area contributed by atoms with Gasteiger partial charge in [-0.2, -0.15) is 0 Å². The minimum Gasteiger partial charge on any atom is -0.485 e. The molecular weight excluding hydrogens is 364 g/mol. The predicted molar refractivity (Wildman–Crippen MR) is 101 cm³/mol. The van der Waals surface area contributed by atoms with Gasteiger partial charge in [0.1, 0.15) is 6.61 Å². The lowest BCUT2D eigenvalue weighted by Crippen LogP contribution is -2.27. The summed E-state index contributed by atoms with van der Waals surface area (Å²) in [7, 11) is 0. The van der Waals surface area contributed by atoms with Gasteiger partial charge in [-0.1, -0.05) is 19.1 Å². The van der Waals surface area contributed by atoms with Crippen molar-refractivity contribution >= 4 is 12.2 Å². The summed E-state index contributed by atoms with van der Waals surface area (Å²) in [5.74, 6) is 1.83. The molecule has 8 heteroatoms. The van der Waals surface area contributed by atoms with E-state index in [0.29, 0.717) is 29.8 Å². The Labute approximate surface area is 162 Å². The third-order valence-corrected chi connectivity index (χ3v) is 4.64. The van der Waals surface area contributed by atoms with Gasteiger partial charge in [0.15, 0.2) is 11.5 Å². The minimum absolute atomic E-state index is 0.320. The van der Waals surface area contributed by atoms with Crippen molar-refractivity contribution in [3.05, 3.63) is 65.1 Å². The van der Waals surface area contributed by atoms with Crippen LogP contribution in [-0.2, 0) is 13.2 Å². The van der Waals surface area contributed by atoms with Gasteiger partial charge < -0.3 is 13.9 Å². The summed E-state index contributed by atoms with van der Waals surface area (Å²) in [5, 5.41) is 4.52. The van der Waals surface area contributed by atoms with E-state index in [4.69, 9.17) is 26.1 Å². The number of rotatable bonds is 6. The van der Waals surface area contributed by atoms with Gasteiger partial charge in [-0.3, -0.25) is 9.88 Å². The number of hydrogen-bond donors (Lipinski definition) is 0. The van der Waals surface area contributed by atoms with Crippen molar-refractivity contribution in [3.8, 4) is 11.5 Å². The number of benzene rings is 1. The van der Waals surface area contributed by atoms with Crippen LogP contribution >= 0.6 is 12.2 Å².